The van der Waals surface area contributed by atoms with Crippen LogP contribution in [0.1, 0.15) is 32.5 Å². The molecule has 80 valence electrons. The number of aromatic nitrogens is 2. The highest BCUT2D eigenvalue weighted by atomic mass is 16.3. The van der Waals surface area contributed by atoms with Crippen molar-refractivity contribution >= 4 is 0 Å². The number of aliphatic hydroxyl groups is 1. The molecule has 0 saturated carbocycles. The van der Waals surface area contributed by atoms with Gasteiger partial charge in [-0.2, -0.15) is 5.10 Å². The Kier molecular flexibility index (Phi) is 3.29. The smallest absolute Gasteiger partial charge is 0.0715 e. The van der Waals surface area contributed by atoms with Gasteiger partial charge in [0.1, 0.15) is 0 Å². The molecule has 1 heterocycles. The normalized spacial score (nSPS) is 14.4. The maximum absolute atomic E-state index is 9.55. The summed E-state index contributed by atoms with van der Waals surface area (Å²) in [5.41, 5.74) is 0.446. The van der Waals surface area contributed by atoms with Crippen molar-refractivity contribution in [2.24, 2.45) is 7.05 Å². The van der Waals surface area contributed by atoms with E-state index in [9.17, 15) is 5.11 Å². The maximum Gasteiger partial charge on any atom is 0.0715 e. The molecule has 14 heavy (non-hydrogen) atoms. The monoisotopic (exact) mass is 197 g/mol. The molecule has 0 amide bonds. The minimum absolute atomic E-state index is 0.203. The van der Waals surface area contributed by atoms with Gasteiger partial charge >= 0.3 is 0 Å². The Morgan fingerprint density at radius 2 is 2.29 bits per heavy atom. The van der Waals surface area contributed by atoms with E-state index in [1.807, 2.05) is 17.8 Å². The van der Waals surface area contributed by atoms with Gasteiger partial charge in [-0.1, -0.05) is 0 Å². The Hall–Kier alpha value is -0.870. The van der Waals surface area contributed by atoms with E-state index in [1.54, 1.807) is 20.0 Å². The summed E-state index contributed by atoms with van der Waals surface area (Å²) < 4.78 is 1.84. The van der Waals surface area contributed by atoms with Gasteiger partial charge in [0.25, 0.3) is 0 Å². The van der Waals surface area contributed by atoms with E-state index in [4.69, 9.17) is 0 Å². The second-order valence-corrected chi connectivity index (χ2v) is 4.29. The molecule has 0 fully saturated rings. The SMILES string of the molecule is CC(NCC(C)(C)O)c1ccnn1C. The Morgan fingerprint density at radius 3 is 2.71 bits per heavy atom. The van der Waals surface area contributed by atoms with E-state index in [0.29, 0.717) is 6.54 Å². The van der Waals surface area contributed by atoms with Crippen LogP contribution in [-0.4, -0.2) is 27.0 Å². The average molecular weight is 197 g/mol. The van der Waals surface area contributed by atoms with Crippen molar-refractivity contribution in [3.05, 3.63) is 18.0 Å². The number of rotatable bonds is 4. The predicted molar refractivity (Wildman–Crippen MR) is 55.9 cm³/mol. The van der Waals surface area contributed by atoms with Crippen molar-refractivity contribution in [2.75, 3.05) is 6.54 Å². The summed E-state index contributed by atoms with van der Waals surface area (Å²) in [6.45, 7) is 6.20. The third-order valence-electron chi connectivity index (χ3n) is 2.14. The zero-order valence-corrected chi connectivity index (χ0v) is 9.28. The molecular weight excluding hydrogens is 178 g/mol. The predicted octanol–water partition coefficient (Wildman–Crippen LogP) is 0.842. The van der Waals surface area contributed by atoms with Crippen molar-refractivity contribution in [1.29, 1.82) is 0 Å². The molecule has 0 aliphatic heterocycles. The molecule has 0 aliphatic carbocycles. The highest BCUT2D eigenvalue weighted by molar-refractivity contribution is 5.05. The summed E-state index contributed by atoms with van der Waals surface area (Å²) in [7, 11) is 1.91. The minimum atomic E-state index is -0.674. The van der Waals surface area contributed by atoms with Crippen LogP contribution in [0.2, 0.25) is 0 Å². The Morgan fingerprint density at radius 1 is 1.64 bits per heavy atom. The standard InChI is InChI=1S/C10H19N3O/c1-8(11-7-10(2,3)14)9-5-6-12-13(9)4/h5-6,8,11,14H,7H2,1-4H3. The van der Waals surface area contributed by atoms with E-state index in [1.165, 1.54) is 0 Å². The first-order chi connectivity index (χ1) is 6.40. The van der Waals surface area contributed by atoms with Gasteiger partial charge in [0.05, 0.1) is 11.3 Å². The molecule has 1 rings (SSSR count). The molecule has 1 atom stereocenters. The molecular formula is C10H19N3O. The van der Waals surface area contributed by atoms with Gasteiger partial charge in [-0.05, 0) is 26.8 Å². The van der Waals surface area contributed by atoms with Crippen molar-refractivity contribution in [3.8, 4) is 0 Å². The van der Waals surface area contributed by atoms with E-state index in [2.05, 4.69) is 17.3 Å². The van der Waals surface area contributed by atoms with E-state index >= 15 is 0 Å². The lowest BCUT2D eigenvalue weighted by Crippen LogP contribution is -2.36. The van der Waals surface area contributed by atoms with Crippen LogP contribution in [0.4, 0.5) is 0 Å². The second-order valence-electron chi connectivity index (χ2n) is 4.29. The average Bonchev–Trinajstić information content (AvgIpc) is 2.46. The summed E-state index contributed by atoms with van der Waals surface area (Å²) in [6, 6.07) is 2.18. The third-order valence-corrected chi connectivity index (χ3v) is 2.14. The molecule has 0 aromatic carbocycles. The molecule has 0 spiro atoms. The Labute approximate surface area is 84.9 Å². The molecule has 4 nitrogen and oxygen atoms in total. The third kappa shape index (κ3) is 3.12. The summed E-state index contributed by atoms with van der Waals surface area (Å²) >= 11 is 0. The van der Waals surface area contributed by atoms with Crippen molar-refractivity contribution < 1.29 is 5.11 Å². The van der Waals surface area contributed by atoms with E-state index in [-0.39, 0.29) is 6.04 Å². The van der Waals surface area contributed by atoms with Crippen LogP contribution in [0, 0.1) is 0 Å². The first-order valence-corrected chi connectivity index (χ1v) is 4.84. The molecule has 2 N–H and O–H groups in total. The van der Waals surface area contributed by atoms with Crippen molar-refractivity contribution in [1.82, 2.24) is 15.1 Å². The zero-order valence-electron chi connectivity index (χ0n) is 9.28. The molecule has 1 unspecified atom stereocenters. The van der Waals surface area contributed by atoms with Gasteiger partial charge in [-0.15, -0.1) is 0 Å². The number of aryl methyl sites for hydroxylation is 1. The molecule has 1 aromatic rings. The van der Waals surface area contributed by atoms with Crippen molar-refractivity contribution in [3.63, 3.8) is 0 Å². The molecule has 1 aromatic heterocycles. The maximum atomic E-state index is 9.55. The largest absolute Gasteiger partial charge is 0.389 e. The summed E-state index contributed by atoms with van der Waals surface area (Å²) in [6.07, 6.45) is 1.78. The van der Waals surface area contributed by atoms with Gasteiger partial charge in [-0.3, -0.25) is 4.68 Å². The Balaban J connectivity index is 2.51. The summed E-state index contributed by atoms with van der Waals surface area (Å²) in [5, 5.41) is 16.9. The van der Waals surface area contributed by atoms with Crippen LogP contribution in [0.25, 0.3) is 0 Å². The van der Waals surface area contributed by atoms with Crippen LogP contribution in [-0.2, 0) is 7.05 Å². The molecule has 0 radical (unpaired) electrons. The summed E-state index contributed by atoms with van der Waals surface area (Å²) in [4.78, 5) is 0. The van der Waals surface area contributed by atoms with Crippen LogP contribution in [0.3, 0.4) is 0 Å². The first kappa shape index (κ1) is 11.2. The van der Waals surface area contributed by atoms with Crippen molar-refractivity contribution in [2.45, 2.75) is 32.4 Å². The van der Waals surface area contributed by atoms with E-state index < -0.39 is 5.60 Å². The summed E-state index contributed by atoms with van der Waals surface area (Å²) in [5.74, 6) is 0. The van der Waals surface area contributed by atoms with Gasteiger partial charge in [0.2, 0.25) is 0 Å². The molecule has 4 heteroatoms. The lowest BCUT2D eigenvalue weighted by molar-refractivity contribution is 0.0767. The molecule has 0 bridgehead atoms. The van der Waals surface area contributed by atoms with Crippen LogP contribution in [0.15, 0.2) is 12.3 Å². The fraction of sp³-hybridized carbons (Fsp3) is 0.700. The van der Waals surface area contributed by atoms with Gasteiger partial charge in [-0.25, -0.2) is 0 Å². The highest BCUT2D eigenvalue weighted by Crippen LogP contribution is 2.11. The molecule has 0 saturated heterocycles. The number of hydrogen-bond donors (Lipinski definition) is 2. The minimum Gasteiger partial charge on any atom is -0.389 e. The Bertz CT molecular complexity index is 288. The number of hydrogen-bond acceptors (Lipinski definition) is 3. The number of nitrogens with zero attached hydrogens (tertiary/aromatic N) is 2. The number of nitrogens with one attached hydrogen (secondary N) is 1. The van der Waals surface area contributed by atoms with Crippen LogP contribution >= 0.6 is 0 Å². The van der Waals surface area contributed by atoms with Crippen LogP contribution < -0.4 is 5.32 Å². The lowest BCUT2D eigenvalue weighted by Gasteiger charge is -2.21. The topological polar surface area (TPSA) is 50.1 Å². The van der Waals surface area contributed by atoms with E-state index in [0.717, 1.165) is 5.69 Å². The first-order valence-electron chi connectivity index (χ1n) is 4.84. The quantitative estimate of drug-likeness (QED) is 0.752. The lowest BCUT2D eigenvalue weighted by atomic mass is 10.1. The molecule has 0 aliphatic rings. The zero-order chi connectivity index (χ0) is 10.8. The second kappa shape index (κ2) is 4.11. The fourth-order valence-corrected chi connectivity index (χ4v) is 1.32. The fourth-order valence-electron chi connectivity index (χ4n) is 1.32. The van der Waals surface area contributed by atoms with Gasteiger partial charge in [0, 0.05) is 25.8 Å². The van der Waals surface area contributed by atoms with Gasteiger partial charge < -0.3 is 10.4 Å². The van der Waals surface area contributed by atoms with Crippen LogP contribution in [0.5, 0.6) is 0 Å². The van der Waals surface area contributed by atoms with Gasteiger partial charge in [0.15, 0.2) is 0 Å². The highest BCUT2D eigenvalue weighted by Gasteiger charge is 2.15.